The average molecular weight is 310 g/mol. The van der Waals surface area contributed by atoms with Gasteiger partial charge in [-0.1, -0.05) is 17.7 Å². The Balaban J connectivity index is 1.87. The van der Waals surface area contributed by atoms with E-state index in [4.69, 9.17) is 11.6 Å². The number of carbonyl (C=O) groups excluding carboxylic acids is 1. The predicted molar refractivity (Wildman–Crippen MR) is 88.1 cm³/mol. The molecule has 2 rings (SSSR count). The molecule has 1 aliphatic heterocycles. The number of likely N-dealkylation sites (tertiary alicyclic amines) is 1. The van der Waals surface area contributed by atoms with E-state index in [2.05, 4.69) is 29.4 Å². The maximum Gasteiger partial charge on any atom is 0.319 e. The van der Waals surface area contributed by atoms with Gasteiger partial charge in [0.25, 0.3) is 0 Å². The molecule has 1 aliphatic rings. The summed E-state index contributed by atoms with van der Waals surface area (Å²) in [5.74, 6) is 0. The van der Waals surface area contributed by atoms with E-state index in [1.54, 1.807) is 6.07 Å². The number of carbonyl (C=O) groups is 1. The first-order valence-electron chi connectivity index (χ1n) is 7.53. The molecule has 0 radical (unpaired) electrons. The molecule has 4 nitrogen and oxygen atoms in total. The highest BCUT2D eigenvalue weighted by molar-refractivity contribution is 6.31. The van der Waals surface area contributed by atoms with E-state index in [0.29, 0.717) is 11.1 Å². The Bertz CT molecular complexity index is 504. The van der Waals surface area contributed by atoms with Crippen molar-refractivity contribution >= 4 is 23.3 Å². The SMILES string of the molecule is Cc1ccc(NC(=O)N[C@@H]2CCCN(C(C)C)C2)cc1Cl. The summed E-state index contributed by atoms with van der Waals surface area (Å²) in [5, 5.41) is 6.56. The summed E-state index contributed by atoms with van der Waals surface area (Å²) < 4.78 is 0. The minimum Gasteiger partial charge on any atom is -0.334 e. The van der Waals surface area contributed by atoms with Crippen molar-refractivity contribution < 1.29 is 4.79 Å². The fourth-order valence-electron chi connectivity index (χ4n) is 2.62. The van der Waals surface area contributed by atoms with Gasteiger partial charge in [-0.3, -0.25) is 4.90 Å². The molecule has 0 aliphatic carbocycles. The van der Waals surface area contributed by atoms with Crippen molar-refractivity contribution in [3.63, 3.8) is 0 Å². The van der Waals surface area contributed by atoms with E-state index in [-0.39, 0.29) is 12.1 Å². The van der Waals surface area contributed by atoms with Gasteiger partial charge in [0.2, 0.25) is 0 Å². The van der Waals surface area contributed by atoms with Crippen molar-refractivity contribution in [2.75, 3.05) is 18.4 Å². The minimum absolute atomic E-state index is 0.162. The summed E-state index contributed by atoms with van der Waals surface area (Å²) in [6, 6.07) is 6.11. The Morgan fingerprint density at radius 2 is 2.19 bits per heavy atom. The first-order valence-corrected chi connectivity index (χ1v) is 7.91. The summed E-state index contributed by atoms with van der Waals surface area (Å²) in [6.45, 7) is 8.35. The van der Waals surface area contributed by atoms with Crippen LogP contribution in [0.25, 0.3) is 0 Å². The number of piperidine rings is 1. The third-order valence-electron chi connectivity index (χ3n) is 3.95. The number of nitrogens with zero attached hydrogens (tertiary/aromatic N) is 1. The second-order valence-corrected chi connectivity index (χ2v) is 6.40. The van der Waals surface area contributed by atoms with Gasteiger partial charge in [-0.25, -0.2) is 4.79 Å². The summed E-state index contributed by atoms with van der Waals surface area (Å²) in [5.41, 5.74) is 1.72. The molecule has 0 spiro atoms. The van der Waals surface area contributed by atoms with Crippen molar-refractivity contribution in [1.82, 2.24) is 10.2 Å². The van der Waals surface area contributed by atoms with E-state index in [1.165, 1.54) is 0 Å². The van der Waals surface area contributed by atoms with Crippen LogP contribution in [-0.2, 0) is 0 Å². The number of nitrogens with one attached hydrogen (secondary N) is 2. The summed E-state index contributed by atoms with van der Waals surface area (Å²) in [4.78, 5) is 14.5. The Hall–Kier alpha value is -1.26. The lowest BCUT2D eigenvalue weighted by atomic mass is 10.0. The highest BCUT2D eigenvalue weighted by atomic mass is 35.5. The Labute approximate surface area is 131 Å². The van der Waals surface area contributed by atoms with Gasteiger partial charge < -0.3 is 10.6 Å². The summed E-state index contributed by atoms with van der Waals surface area (Å²) >= 11 is 6.06. The van der Waals surface area contributed by atoms with Crippen LogP contribution in [0.5, 0.6) is 0 Å². The molecule has 0 bridgehead atoms. The predicted octanol–water partition coefficient (Wildman–Crippen LogP) is 3.64. The van der Waals surface area contributed by atoms with Crippen molar-refractivity contribution in [2.45, 2.75) is 45.7 Å². The number of anilines is 1. The largest absolute Gasteiger partial charge is 0.334 e. The molecule has 1 atom stereocenters. The molecule has 1 fully saturated rings. The monoisotopic (exact) mass is 309 g/mol. The zero-order valence-electron chi connectivity index (χ0n) is 12.9. The normalized spacial score (nSPS) is 19.6. The number of urea groups is 1. The molecule has 1 heterocycles. The van der Waals surface area contributed by atoms with E-state index in [9.17, 15) is 4.79 Å². The number of amides is 2. The van der Waals surface area contributed by atoms with Crippen LogP contribution >= 0.6 is 11.6 Å². The Morgan fingerprint density at radius 1 is 1.43 bits per heavy atom. The van der Waals surface area contributed by atoms with E-state index in [0.717, 1.165) is 37.2 Å². The summed E-state index contributed by atoms with van der Waals surface area (Å²) in [6.07, 6.45) is 2.16. The smallest absolute Gasteiger partial charge is 0.319 e. The minimum atomic E-state index is -0.162. The van der Waals surface area contributed by atoms with Crippen molar-refractivity contribution in [3.8, 4) is 0 Å². The van der Waals surface area contributed by atoms with Crippen LogP contribution in [0.2, 0.25) is 5.02 Å². The maximum atomic E-state index is 12.1. The average Bonchev–Trinajstić information content (AvgIpc) is 2.43. The molecule has 5 heteroatoms. The van der Waals surface area contributed by atoms with Crippen LogP contribution in [0.1, 0.15) is 32.3 Å². The van der Waals surface area contributed by atoms with Crippen LogP contribution < -0.4 is 10.6 Å². The molecule has 21 heavy (non-hydrogen) atoms. The molecule has 1 aromatic carbocycles. The van der Waals surface area contributed by atoms with Crippen LogP contribution in [0.15, 0.2) is 18.2 Å². The lowest BCUT2D eigenvalue weighted by molar-refractivity contribution is 0.156. The molecule has 0 unspecified atom stereocenters. The number of hydrogen-bond donors (Lipinski definition) is 2. The standard InChI is InChI=1S/C16H24ClN3O/c1-11(2)20-8-4-5-14(10-20)19-16(21)18-13-7-6-12(3)15(17)9-13/h6-7,9,11,14H,4-5,8,10H2,1-3H3,(H2,18,19,21)/t14-/m1/s1. The number of hydrogen-bond acceptors (Lipinski definition) is 2. The second kappa shape index (κ2) is 7.14. The van der Waals surface area contributed by atoms with E-state index in [1.807, 2.05) is 19.1 Å². The van der Waals surface area contributed by atoms with Gasteiger partial charge in [0, 0.05) is 29.3 Å². The fraction of sp³-hybridized carbons (Fsp3) is 0.562. The fourth-order valence-corrected chi connectivity index (χ4v) is 2.80. The zero-order chi connectivity index (χ0) is 15.4. The highest BCUT2D eigenvalue weighted by Gasteiger charge is 2.22. The second-order valence-electron chi connectivity index (χ2n) is 5.99. The number of halogens is 1. The van der Waals surface area contributed by atoms with Crippen molar-refractivity contribution in [2.24, 2.45) is 0 Å². The third-order valence-corrected chi connectivity index (χ3v) is 4.36. The van der Waals surface area contributed by atoms with Crippen molar-refractivity contribution in [3.05, 3.63) is 28.8 Å². The number of rotatable bonds is 3. The van der Waals surface area contributed by atoms with E-state index >= 15 is 0 Å². The molecule has 1 saturated heterocycles. The molecular formula is C16H24ClN3O. The topological polar surface area (TPSA) is 44.4 Å². The van der Waals surface area contributed by atoms with Crippen LogP contribution in [-0.4, -0.2) is 36.1 Å². The van der Waals surface area contributed by atoms with Gasteiger partial charge in [0.05, 0.1) is 0 Å². The first-order chi connectivity index (χ1) is 9.95. The van der Waals surface area contributed by atoms with E-state index < -0.39 is 0 Å². The maximum absolute atomic E-state index is 12.1. The third kappa shape index (κ3) is 4.61. The molecule has 2 amide bonds. The lowest BCUT2D eigenvalue weighted by Gasteiger charge is -2.35. The Morgan fingerprint density at radius 3 is 2.86 bits per heavy atom. The highest BCUT2D eigenvalue weighted by Crippen LogP contribution is 2.20. The van der Waals surface area contributed by atoms with Crippen molar-refractivity contribution in [1.29, 1.82) is 0 Å². The van der Waals surface area contributed by atoms with Gasteiger partial charge in [0.1, 0.15) is 0 Å². The van der Waals surface area contributed by atoms with Gasteiger partial charge in [-0.2, -0.15) is 0 Å². The van der Waals surface area contributed by atoms with Crippen LogP contribution in [0.4, 0.5) is 10.5 Å². The zero-order valence-corrected chi connectivity index (χ0v) is 13.7. The van der Waals surface area contributed by atoms with Gasteiger partial charge in [-0.15, -0.1) is 0 Å². The van der Waals surface area contributed by atoms with Gasteiger partial charge in [-0.05, 0) is 57.9 Å². The number of aryl methyl sites for hydroxylation is 1. The Kier molecular flexibility index (Phi) is 5.48. The molecule has 0 saturated carbocycles. The molecule has 0 aromatic heterocycles. The lowest BCUT2D eigenvalue weighted by Crippen LogP contribution is -2.50. The summed E-state index contributed by atoms with van der Waals surface area (Å²) in [7, 11) is 0. The molecule has 2 N–H and O–H groups in total. The molecular weight excluding hydrogens is 286 g/mol. The van der Waals surface area contributed by atoms with Crippen LogP contribution in [0, 0.1) is 6.92 Å². The molecule has 116 valence electrons. The van der Waals surface area contributed by atoms with Gasteiger partial charge >= 0.3 is 6.03 Å². The number of benzene rings is 1. The quantitative estimate of drug-likeness (QED) is 0.895. The first kappa shape index (κ1) is 16.1. The molecule has 1 aromatic rings. The van der Waals surface area contributed by atoms with Crippen LogP contribution in [0.3, 0.4) is 0 Å². The van der Waals surface area contributed by atoms with Gasteiger partial charge in [0.15, 0.2) is 0 Å².